The van der Waals surface area contributed by atoms with Crippen LogP contribution in [0.15, 0.2) is 48.5 Å². The number of fused-ring (bicyclic) bond motifs is 1. The molecule has 3 heterocycles. The van der Waals surface area contributed by atoms with Gasteiger partial charge in [0.05, 0.1) is 31.0 Å². The number of benzene rings is 2. The number of methoxy groups -OCH3 is 2. The van der Waals surface area contributed by atoms with Crippen molar-refractivity contribution in [2.45, 2.75) is 57.4 Å². The summed E-state index contributed by atoms with van der Waals surface area (Å²) in [6, 6.07) is 15.0. The largest absolute Gasteiger partial charge is 0.481 e. The van der Waals surface area contributed by atoms with Gasteiger partial charge in [0.2, 0.25) is 17.7 Å². The van der Waals surface area contributed by atoms with E-state index in [1.165, 1.54) is 14.0 Å². The predicted molar refractivity (Wildman–Crippen MR) is 173 cm³/mol. The molecular formula is C34H34ClF3N6O3. The summed E-state index contributed by atoms with van der Waals surface area (Å²) in [6.45, 7) is 2.60. The number of anilines is 1. The molecule has 1 saturated heterocycles. The Morgan fingerprint density at radius 1 is 0.936 bits per heavy atom. The average Bonchev–Trinajstić information content (AvgIpc) is 3.67. The van der Waals surface area contributed by atoms with Crippen molar-refractivity contribution >= 4 is 23.3 Å². The van der Waals surface area contributed by atoms with Crippen molar-refractivity contribution in [2.24, 2.45) is 0 Å². The number of aromatic nitrogens is 3. The van der Waals surface area contributed by atoms with Crippen LogP contribution in [0.4, 0.5) is 19.0 Å². The zero-order valence-corrected chi connectivity index (χ0v) is 26.9. The van der Waals surface area contributed by atoms with Crippen LogP contribution in [0.1, 0.15) is 53.4 Å². The number of halogens is 4. The molecule has 246 valence electrons. The average molecular weight is 667 g/mol. The first-order chi connectivity index (χ1) is 22.6. The molecule has 0 saturated carbocycles. The van der Waals surface area contributed by atoms with Gasteiger partial charge in [-0.25, -0.2) is 9.97 Å². The Morgan fingerprint density at radius 2 is 1.68 bits per heavy atom. The van der Waals surface area contributed by atoms with Gasteiger partial charge in [0.15, 0.2) is 11.5 Å². The summed E-state index contributed by atoms with van der Waals surface area (Å²) in [5.74, 6) is 0.210. The lowest BCUT2D eigenvalue weighted by Crippen LogP contribution is -2.35. The zero-order valence-electron chi connectivity index (χ0n) is 26.1. The van der Waals surface area contributed by atoms with Crippen LogP contribution in [0.2, 0.25) is 5.02 Å². The first-order valence-electron chi connectivity index (χ1n) is 15.3. The van der Waals surface area contributed by atoms with E-state index in [1.54, 1.807) is 7.11 Å². The predicted octanol–water partition coefficient (Wildman–Crippen LogP) is 6.67. The quantitative estimate of drug-likeness (QED) is 0.172. The summed E-state index contributed by atoms with van der Waals surface area (Å²) < 4.78 is 52.5. The molecule has 0 spiro atoms. The van der Waals surface area contributed by atoms with E-state index in [2.05, 4.69) is 25.9 Å². The second-order valence-corrected chi connectivity index (χ2v) is 12.0. The molecule has 0 unspecified atom stereocenters. The zero-order chi connectivity index (χ0) is 33.3. The number of ether oxygens (including phenoxy) is 2. The lowest BCUT2D eigenvalue weighted by atomic mass is 9.94. The van der Waals surface area contributed by atoms with Gasteiger partial charge in [-0.05, 0) is 48.9 Å². The maximum absolute atomic E-state index is 13.9. The molecule has 6 rings (SSSR count). The van der Waals surface area contributed by atoms with Crippen molar-refractivity contribution in [1.82, 2.24) is 25.6 Å². The van der Waals surface area contributed by atoms with Gasteiger partial charge in [-0.15, -0.1) is 0 Å². The summed E-state index contributed by atoms with van der Waals surface area (Å²) in [6.07, 6.45) is -2.15. The van der Waals surface area contributed by atoms with E-state index in [1.807, 2.05) is 48.5 Å². The van der Waals surface area contributed by atoms with Crippen molar-refractivity contribution in [3.8, 4) is 34.1 Å². The molecule has 1 aliphatic carbocycles. The first-order valence-corrected chi connectivity index (χ1v) is 15.7. The summed E-state index contributed by atoms with van der Waals surface area (Å²) in [5, 5.41) is 9.82. The SMILES string of the molecule is COc1nc(-c2cccc(-c3cccc4c3CC[C@@H]4Nc3nc(OC)c(C)nc3C(F)(F)F)c2Cl)ccc1CNC[C@@H]1CCC(=O)N1. The molecule has 13 heteroatoms. The fourth-order valence-corrected chi connectivity index (χ4v) is 6.62. The van der Waals surface area contributed by atoms with Crippen LogP contribution in [-0.4, -0.2) is 47.7 Å². The number of nitrogens with one attached hydrogen (secondary N) is 3. The van der Waals surface area contributed by atoms with Crippen molar-refractivity contribution in [3.63, 3.8) is 0 Å². The molecule has 0 bridgehead atoms. The van der Waals surface area contributed by atoms with E-state index in [4.69, 9.17) is 26.1 Å². The third-order valence-electron chi connectivity index (χ3n) is 8.56. The minimum absolute atomic E-state index is 0.0321. The van der Waals surface area contributed by atoms with Crippen LogP contribution in [0.5, 0.6) is 11.8 Å². The van der Waals surface area contributed by atoms with Crippen molar-refractivity contribution in [1.29, 1.82) is 0 Å². The molecule has 2 aromatic heterocycles. The lowest BCUT2D eigenvalue weighted by Gasteiger charge is -2.20. The normalized spacial score (nSPS) is 17.4. The van der Waals surface area contributed by atoms with Crippen molar-refractivity contribution in [2.75, 3.05) is 26.1 Å². The van der Waals surface area contributed by atoms with Crippen LogP contribution in [0, 0.1) is 6.92 Å². The molecular weight excluding hydrogens is 633 g/mol. The lowest BCUT2D eigenvalue weighted by molar-refractivity contribution is -0.140. The van der Waals surface area contributed by atoms with Crippen LogP contribution in [0.3, 0.4) is 0 Å². The number of rotatable bonds is 10. The Labute approximate surface area is 275 Å². The minimum Gasteiger partial charge on any atom is -0.481 e. The highest BCUT2D eigenvalue weighted by Crippen LogP contribution is 2.44. The molecule has 2 atom stereocenters. The molecule has 0 radical (unpaired) electrons. The van der Waals surface area contributed by atoms with E-state index in [9.17, 15) is 18.0 Å². The van der Waals surface area contributed by atoms with Gasteiger partial charge in [-0.1, -0.05) is 54.1 Å². The second kappa shape index (κ2) is 13.4. The van der Waals surface area contributed by atoms with Gasteiger partial charge >= 0.3 is 6.18 Å². The van der Waals surface area contributed by atoms with E-state index < -0.39 is 17.9 Å². The number of carbonyl (C=O) groups is 1. The second-order valence-electron chi connectivity index (χ2n) is 11.6. The maximum Gasteiger partial charge on any atom is 0.437 e. The van der Waals surface area contributed by atoms with Gasteiger partial charge in [0.1, 0.15) is 5.69 Å². The van der Waals surface area contributed by atoms with Crippen LogP contribution in [-0.2, 0) is 23.9 Å². The molecule has 2 aromatic carbocycles. The smallest absolute Gasteiger partial charge is 0.437 e. The molecule has 2 aliphatic rings. The van der Waals surface area contributed by atoms with E-state index in [0.717, 1.165) is 39.8 Å². The Kier molecular flexibility index (Phi) is 9.25. The Morgan fingerprint density at radius 3 is 2.40 bits per heavy atom. The summed E-state index contributed by atoms with van der Waals surface area (Å²) in [5.41, 5.74) is 4.76. The number of aryl methyl sites for hydroxylation is 1. The standard InChI is InChI=1S/C34H34ClF3N6O3/c1-18-32(46-2)44-31(30(40-18)34(36,37)38)42-26-14-12-22-21(6-4-7-23(22)26)24-8-5-9-25(29(24)35)27-13-10-19(33(43-27)47-3)16-39-17-20-11-15-28(45)41-20/h4-10,13,20,26,39H,11-12,14-17H2,1-3H3,(H,41,45)(H,42,44)/t20-,26-/m0/s1. The molecule has 1 aliphatic heterocycles. The Balaban J connectivity index is 1.26. The molecule has 9 nitrogen and oxygen atoms in total. The van der Waals surface area contributed by atoms with Crippen molar-refractivity contribution < 1.29 is 27.4 Å². The summed E-state index contributed by atoms with van der Waals surface area (Å²) in [4.78, 5) is 24.1. The van der Waals surface area contributed by atoms with Crippen LogP contribution >= 0.6 is 11.6 Å². The number of pyridine rings is 1. The Hall–Kier alpha value is -4.42. The topological polar surface area (TPSA) is 110 Å². The number of nitrogens with zero attached hydrogens (tertiary/aromatic N) is 3. The fourth-order valence-electron chi connectivity index (χ4n) is 6.30. The minimum atomic E-state index is -4.69. The number of amides is 1. The molecule has 1 amide bonds. The van der Waals surface area contributed by atoms with Gasteiger partial charge in [-0.2, -0.15) is 18.2 Å². The number of hydrogen-bond donors (Lipinski definition) is 3. The van der Waals surface area contributed by atoms with Gasteiger partial charge < -0.3 is 25.4 Å². The monoisotopic (exact) mass is 666 g/mol. The highest BCUT2D eigenvalue weighted by atomic mass is 35.5. The molecule has 1 fully saturated rings. The van der Waals surface area contributed by atoms with Gasteiger partial charge in [0.25, 0.3) is 0 Å². The Bertz CT molecular complexity index is 1820. The maximum atomic E-state index is 13.9. The molecule has 47 heavy (non-hydrogen) atoms. The summed E-state index contributed by atoms with van der Waals surface area (Å²) in [7, 11) is 2.92. The van der Waals surface area contributed by atoms with Crippen molar-refractivity contribution in [3.05, 3.63) is 81.6 Å². The number of carbonyl (C=O) groups excluding carboxylic acids is 1. The van der Waals surface area contributed by atoms with E-state index in [0.29, 0.717) is 48.9 Å². The highest BCUT2D eigenvalue weighted by molar-refractivity contribution is 6.36. The molecule has 3 N–H and O–H groups in total. The summed E-state index contributed by atoms with van der Waals surface area (Å²) >= 11 is 7.07. The fraction of sp³-hybridized carbons (Fsp3) is 0.353. The van der Waals surface area contributed by atoms with E-state index in [-0.39, 0.29) is 29.3 Å². The van der Waals surface area contributed by atoms with Gasteiger partial charge in [-0.3, -0.25) is 4.79 Å². The van der Waals surface area contributed by atoms with Crippen LogP contribution < -0.4 is 25.4 Å². The van der Waals surface area contributed by atoms with E-state index >= 15 is 0 Å². The molecule has 4 aromatic rings. The number of hydrogen-bond acceptors (Lipinski definition) is 8. The van der Waals surface area contributed by atoms with Gasteiger partial charge in [0, 0.05) is 42.2 Å². The third-order valence-corrected chi connectivity index (χ3v) is 8.97. The first kappa shape index (κ1) is 32.5. The highest BCUT2D eigenvalue weighted by Gasteiger charge is 2.39. The number of alkyl halides is 3. The van der Waals surface area contributed by atoms with Crippen LogP contribution in [0.25, 0.3) is 22.4 Å². The third kappa shape index (κ3) is 6.70.